The lowest BCUT2D eigenvalue weighted by molar-refractivity contribution is 0.0473. The minimum Gasteiger partial charge on any atom is -0.493 e. The molecule has 2 aliphatic heterocycles. The summed E-state index contributed by atoms with van der Waals surface area (Å²) in [6.45, 7) is 6.40. The van der Waals surface area contributed by atoms with Crippen LogP contribution in [-0.4, -0.2) is 71.9 Å². The highest BCUT2D eigenvalue weighted by molar-refractivity contribution is 5.95. The first-order valence-corrected chi connectivity index (χ1v) is 12.7. The van der Waals surface area contributed by atoms with Gasteiger partial charge in [-0.1, -0.05) is 6.07 Å². The second-order valence-electron chi connectivity index (χ2n) is 10.6. The molecule has 0 unspecified atom stereocenters. The fraction of sp³-hybridized carbons (Fsp3) is 0.536. The number of carbonyl (C=O) groups is 1. The second-order valence-corrected chi connectivity index (χ2v) is 10.6. The van der Waals surface area contributed by atoms with Crippen molar-refractivity contribution in [2.45, 2.75) is 51.3 Å². The minimum atomic E-state index is -1.21. The number of likely N-dealkylation sites (tertiary alicyclic amines) is 2. The third kappa shape index (κ3) is 6.79. The summed E-state index contributed by atoms with van der Waals surface area (Å²) in [6.07, 6.45) is 2.56. The number of alkyl halides is 1. The number of aliphatic hydroxyl groups is 1. The van der Waals surface area contributed by atoms with Crippen molar-refractivity contribution >= 4 is 5.91 Å². The fourth-order valence-electron chi connectivity index (χ4n) is 5.05. The Morgan fingerprint density at radius 1 is 1.03 bits per heavy atom. The van der Waals surface area contributed by atoms with Gasteiger partial charge in [0, 0.05) is 42.4 Å². The highest BCUT2D eigenvalue weighted by Crippen LogP contribution is 2.30. The molecule has 2 heterocycles. The van der Waals surface area contributed by atoms with Crippen molar-refractivity contribution in [3.05, 3.63) is 53.6 Å². The van der Waals surface area contributed by atoms with E-state index in [4.69, 9.17) is 4.74 Å². The van der Waals surface area contributed by atoms with Gasteiger partial charge in [0.2, 0.25) is 0 Å². The van der Waals surface area contributed by atoms with Crippen LogP contribution in [0.1, 0.15) is 49.9 Å². The molecule has 196 valence electrons. The van der Waals surface area contributed by atoms with Crippen molar-refractivity contribution < 1.29 is 27.8 Å². The van der Waals surface area contributed by atoms with E-state index < -0.39 is 23.4 Å². The summed E-state index contributed by atoms with van der Waals surface area (Å²) in [4.78, 5) is 16.3. The standard InChI is InChI=1S/C28H35F3N2O3/c1-28(2,31)18-32-12-9-19(10-13-32)17-36-22-6-8-24(26(30)15-22)23-7-5-20(14-25(23)29)27(35)33-11-3-4-21(34)16-33/h5-8,14-15,19,21,34H,3-4,9-13,16-18H2,1-2H3/t21-/m1/s1. The van der Waals surface area contributed by atoms with Crippen molar-refractivity contribution in [3.8, 4) is 16.9 Å². The van der Waals surface area contributed by atoms with Crippen LogP contribution in [0, 0.1) is 17.6 Å². The summed E-state index contributed by atoms with van der Waals surface area (Å²) in [5, 5.41) is 9.80. The van der Waals surface area contributed by atoms with Crippen molar-refractivity contribution in [1.82, 2.24) is 9.80 Å². The van der Waals surface area contributed by atoms with Gasteiger partial charge in [-0.3, -0.25) is 4.79 Å². The Morgan fingerprint density at radius 3 is 2.31 bits per heavy atom. The van der Waals surface area contributed by atoms with Crippen LogP contribution in [-0.2, 0) is 0 Å². The Kier molecular flexibility index (Phi) is 8.25. The van der Waals surface area contributed by atoms with E-state index in [-0.39, 0.29) is 29.1 Å². The Hall–Kier alpha value is -2.58. The quantitative estimate of drug-likeness (QED) is 0.572. The van der Waals surface area contributed by atoms with Crippen molar-refractivity contribution in [2.24, 2.45) is 5.92 Å². The molecule has 1 atom stereocenters. The molecule has 0 bridgehead atoms. The monoisotopic (exact) mass is 504 g/mol. The van der Waals surface area contributed by atoms with Gasteiger partial charge >= 0.3 is 0 Å². The first-order chi connectivity index (χ1) is 17.1. The topological polar surface area (TPSA) is 53.0 Å². The number of rotatable bonds is 7. The number of β-amino-alcohol motifs (C(OH)–C–C–N with tert-alkyl or cyclic N) is 1. The molecule has 1 amide bonds. The summed E-state index contributed by atoms with van der Waals surface area (Å²) in [5.41, 5.74) is -0.881. The Balaban J connectivity index is 1.35. The summed E-state index contributed by atoms with van der Waals surface area (Å²) in [6, 6.07) is 8.38. The van der Waals surface area contributed by atoms with E-state index in [1.54, 1.807) is 19.9 Å². The number of piperidine rings is 2. The highest BCUT2D eigenvalue weighted by atomic mass is 19.1. The van der Waals surface area contributed by atoms with E-state index in [9.17, 15) is 23.1 Å². The van der Waals surface area contributed by atoms with Crippen LogP contribution >= 0.6 is 0 Å². The lowest BCUT2D eigenvalue weighted by Gasteiger charge is -2.34. The average Bonchev–Trinajstić information content (AvgIpc) is 2.82. The zero-order chi connectivity index (χ0) is 25.9. The summed E-state index contributed by atoms with van der Waals surface area (Å²) < 4.78 is 49.5. The first kappa shape index (κ1) is 26.5. The van der Waals surface area contributed by atoms with Gasteiger partial charge in [-0.2, -0.15) is 0 Å². The van der Waals surface area contributed by atoms with Crippen LogP contribution in [0.2, 0.25) is 0 Å². The molecule has 0 spiro atoms. The Morgan fingerprint density at radius 2 is 1.69 bits per heavy atom. The molecule has 36 heavy (non-hydrogen) atoms. The molecule has 2 aromatic rings. The maximum Gasteiger partial charge on any atom is 0.254 e. The van der Waals surface area contributed by atoms with Crippen molar-refractivity contribution in [1.29, 1.82) is 0 Å². The molecule has 0 aromatic heterocycles. The smallest absolute Gasteiger partial charge is 0.254 e. The van der Waals surface area contributed by atoms with E-state index in [0.717, 1.165) is 32.0 Å². The van der Waals surface area contributed by atoms with Crippen LogP contribution < -0.4 is 4.74 Å². The number of hydrogen-bond acceptors (Lipinski definition) is 4. The fourth-order valence-corrected chi connectivity index (χ4v) is 5.05. The predicted octanol–water partition coefficient (Wildman–Crippen LogP) is 5.07. The van der Waals surface area contributed by atoms with E-state index in [1.165, 1.54) is 29.2 Å². The molecule has 4 rings (SSSR count). The maximum atomic E-state index is 14.9. The predicted molar refractivity (Wildman–Crippen MR) is 133 cm³/mol. The van der Waals surface area contributed by atoms with E-state index in [2.05, 4.69) is 4.90 Å². The highest BCUT2D eigenvalue weighted by Gasteiger charge is 2.26. The minimum absolute atomic E-state index is 0.0671. The molecular weight excluding hydrogens is 469 g/mol. The SMILES string of the molecule is CC(C)(F)CN1CCC(COc2ccc(-c3ccc(C(=O)N4CCC[C@@H](O)C4)cc3F)c(F)c2)CC1. The molecule has 1 N–H and O–H groups in total. The zero-order valence-corrected chi connectivity index (χ0v) is 21.0. The zero-order valence-electron chi connectivity index (χ0n) is 21.0. The normalized spacial score (nSPS) is 19.9. The van der Waals surface area contributed by atoms with E-state index in [1.807, 2.05) is 0 Å². The molecule has 2 saturated heterocycles. The van der Waals surface area contributed by atoms with Crippen LogP contribution in [0.5, 0.6) is 5.75 Å². The summed E-state index contributed by atoms with van der Waals surface area (Å²) in [5.74, 6) is -0.948. The molecule has 0 saturated carbocycles. The van der Waals surface area contributed by atoms with Gasteiger partial charge in [-0.15, -0.1) is 0 Å². The second kappa shape index (κ2) is 11.2. The Bertz CT molecular complexity index is 1060. The van der Waals surface area contributed by atoms with E-state index >= 15 is 0 Å². The van der Waals surface area contributed by atoms with Gasteiger partial charge in [0.1, 0.15) is 23.1 Å². The van der Waals surface area contributed by atoms with Gasteiger partial charge in [0.25, 0.3) is 5.91 Å². The van der Waals surface area contributed by atoms with Gasteiger partial charge in [0.15, 0.2) is 0 Å². The van der Waals surface area contributed by atoms with Gasteiger partial charge in [0.05, 0.1) is 12.7 Å². The van der Waals surface area contributed by atoms with Crippen LogP contribution in [0.4, 0.5) is 13.2 Å². The number of halogens is 3. The number of ether oxygens (including phenoxy) is 1. The molecule has 8 heteroatoms. The maximum absolute atomic E-state index is 14.9. The number of carbonyl (C=O) groups excluding carboxylic acids is 1. The molecule has 0 radical (unpaired) electrons. The van der Waals surface area contributed by atoms with E-state index in [0.29, 0.717) is 44.2 Å². The number of amides is 1. The van der Waals surface area contributed by atoms with Crippen LogP contribution in [0.25, 0.3) is 11.1 Å². The molecule has 5 nitrogen and oxygen atoms in total. The van der Waals surface area contributed by atoms with Crippen LogP contribution in [0.15, 0.2) is 36.4 Å². The van der Waals surface area contributed by atoms with Gasteiger partial charge in [-0.25, -0.2) is 13.2 Å². The first-order valence-electron chi connectivity index (χ1n) is 12.7. The molecule has 2 aromatic carbocycles. The largest absolute Gasteiger partial charge is 0.493 e. The molecule has 2 aliphatic rings. The molecule has 2 fully saturated rings. The molecular formula is C28H35F3N2O3. The number of benzene rings is 2. The number of nitrogens with zero attached hydrogens (tertiary/aromatic N) is 2. The van der Waals surface area contributed by atoms with Gasteiger partial charge in [-0.05, 0) is 82.8 Å². The number of aliphatic hydroxyl groups excluding tert-OH is 1. The summed E-state index contributed by atoms with van der Waals surface area (Å²) >= 11 is 0. The molecule has 0 aliphatic carbocycles. The lowest BCUT2D eigenvalue weighted by atomic mass is 9.96. The van der Waals surface area contributed by atoms with Crippen molar-refractivity contribution in [2.75, 3.05) is 39.3 Å². The number of hydrogen-bond donors (Lipinski definition) is 1. The lowest BCUT2D eigenvalue weighted by Crippen LogP contribution is -2.42. The van der Waals surface area contributed by atoms with Crippen LogP contribution in [0.3, 0.4) is 0 Å². The van der Waals surface area contributed by atoms with Gasteiger partial charge < -0.3 is 19.6 Å². The van der Waals surface area contributed by atoms with Crippen molar-refractivity contribution in [3.63, 3.8) is 0 Å². The summed E-state index contributed by atoms with van der Waals surface area (Å²) in [7, 11) is 0. The third-order valence-corrected chi connectivity index (χ3v) is 6.92. The average molecular weight is 505 g/mol. The Labute approximate surface area is 210 Å². The third-order valence-electron chi connectivity index (χ3n) is 6.92.